The monoisotopic (exact) mass is 537 g/mol. The number of aliphatic hydroxyl groups excluding tert-OH is 1. The number of halogens is 2. The summed E-state index contributed by atoms with van der Waals surface area (Å²) >= 11 is 3.37. The number of carbonyl (C=O) groups excluding carboxylic acids is 2. The minimum Gasteiger partial charge on any atom is -0.507 e. The first-order valence-electron chi connectivity index (χ1n) is 11.3. The normalized spacial score (nSPS) is 17.3. The van der Waals surface area contributed by atoms with E-state index in [0.717, 1.165) is 10.0 Å². The highest BCUT2D eigenvalue weighted by molar-refractivity contribution is 9.10. The minimum absolute atomic E-state index is 0.0260. The molecule has 0 aromatic heterocycles. The van der Waals surface area contributed by atoms with E-state index in [4.69, 9.17) is 4.74 Å². The Hall–Kier alpha value is -3.45. The summed E-state index contributed by atoms with van der Waals surface area (Å²) in [5, 5.41) is 11.2. The maximum Gasteiger partial charge on any atom is 0.295 e. The van der Waals surface area contributed by atoms with Crippen LogP contribution >= 0.6 is 15.9 Å². The Kier molecular flexibility index (Phi) is 7.36. The lowest BCUT2D eigenvalue weighted by atomic mass is 9.95. The van der Waals surface area contributed by atoms with Gasteiger partial charge in [-0.25, -0.2) is 4.39 Å². The van der Waals surface area contributed by atoms with Crippen molar-refractivity contribution in [1.82, 2.24) is 4.90 Å². The lowest BCUT2D eigenvalue weighted by molar-refractivity contribution is -0.139. The molecular formula is C28H25BrFNO4. The quantitative estimate of drug-likeness (QED) is 0.226. The number of rotatable bonds is 7. The number of carbonyl (C=O) groups is 2. The van der Waals surface area contributed by atoms with Gasteiger partial charge in [-0.05, 0) is 67.8 Å². The van der Waals surface area contributed by atoms with Gasteiger partial charge < -0.3 is 14.7 Å². The number of aliphatic hydroxyl groups is 1. The summed E-state index contributed by atoms with van der Waals surface area (Å²) in [6.07, 6.45) is 0.363. The van der Waals surface area contributed by atoms with Crippen molar-refractivity contribution in [2.75, 3.05) is 6.54 Å². The van der Waals surface area contributed by atoms with Gasteiger partial charge in [0.05, 0.1) is 17.7 Å². The molecule has 0 radical (unpaired) electrons. The average molecular weight is 538 g/mol. The summed E-state index contributed by atoms with van der Waals surface area (Å²) in [7, 11) is 0. The van der Waals surface area contributed by atoms with Crippen LogP contribution in [0.5, 0.6) is 5.75 Å². The third kappa shape index (κ3) is 5.46. The first-order valence-corrected chi connectivity index (χ1v) is 12.1. The van der Waals surface area contributed by atoms with Crippen LogP contribution in [0.4, 0.5) is 4.39 Å². The lowest BCUT2D eigenvalue weighted by Crippen LogP contribution is -2.31. The Morgan fingerprint density at radius 2 is 1.74 bits per heavy atom. The van der Waals surface area contributed by atoms with Crippen molar-refractivity contribution in [1.29, 1.82) is 0 Å². The molecule has 0 spiro atoms. The molecule has 7 heteroatoms. The summed E-state index contributed by atoms with van der Waals surface area (Å²) < 4.78 is 20.0. The second-order valence-electron chi connectivity index (χ2n) is 8.61. The second-order valence-corrected chi connectivity index (χ2v) is 9.53. The zero-order valence-corrected chi connectivity index (χ0v) is 21.0. The molecule has 1 aliphatic rings. The van der Waals surface area contributed by atoms with Gasteiger partial charge in [-0.15, -0.1) is 0 Å². The number of benzene rings is 3. The van der Waals surface area contributed by atoms with Crippen molar-refractivity contribution < 1.29 is 23.8 Å². The minimum atomic E-state index is -0.796. The van der Waals surface area contributed by atoms with Gasteiger partial charge in [0.15, 0.2) is 0 Å². The molecule has 1 fully saturated rings. The van der Waals surface area contributed by atoms with Gasteiger partial charge in [-0.2, -0.15) is 0 Å². The zero-order valence-electron chi connectivity index (χ0n) is 19.4. The number of likely N-dealkylation sites (tertiary alicyclic amines) is 1. The van der Waals surface area contributed by atoms with Crippen LogP contribution in [0.25, 0.3) is 5.76 Å². The highest BCUT2D eigenvalue weighted by atomic mass is 79.9. The number of amides is 1. The van der Waals surface area contributed by atoms with Crippen LogP contribution in [0, 0.1) is 5.82 Å². The first kappa shape index (κ1) is 24.7. The molecule has 5 nitrogen and oxygen atoms in total. The average Bonchev–Trinajstić information content (AvgIpc) is 3.08. The Bertz CT molecular complexity index is 1270. The molecule has 1 unspecified atom stereocenters. The van der Waals surface area contributed by atoms with Crippen LogP contribution in [-0.4, -0.2) is 34.3 Å². The van der Waals surface area contributed by atoms with Crippen molar-refractivity contribution in [2.45, 2.75) is 32.4 Å². The molecule has 1 amide bonds. The maximum atomic E-state index is 13.3. The highest BCUT2D eigenvalue weighted by Gasteiger charge is 2.46. The van der Waals surface area contributed by atoms with Crippen molar-refractivity contribution in [3.05, 3.63) is 105 Å². The molecule has 1 aliphatic heterocycles. The summed E-state index contributed by atoms with van der Waals surface area (Å²) in [5.74, 6) is -1.41. The number of nitrogens with zero attached hydrogens (tertiary/aromatic N) is 1. The van der Waals surface area contributed by atoms with E-state index < -0.39 is 17.7 Å². The van der Waals surface area contributed by atoms with Crippen LogP contribution in [0.3, 0.4) is 0 Å². The van der Waals surface area contributed by atoms with Crippen LogP contribution in [0.2, 0.25) is 0 Å². The molecule has 1 saturated heterocycles. The van der Waals surface area contributed by atoms with E-state index in [1.54, 1.807) is 48.5 Å². The number of Topliss-reactive ketones (excluding diaryl/α,β-unsaturated/α-hetero) is 1. The largest absolute Gasteiger partial charge is 0.507 e. The van der Waals surface area contributed by atoms with Crippen LogP contribution in [0.15, 0.2) is 82.8 Å². The van der Waals surface area contributed by atoms with Gasteiger partial charge in [-0.3, -0.25) is 9.59 Å². The molecular weight excluding hydrogens is 513 g/mol. The number of ketones is 1. The van der Waals surface area contributed by atoms with E-state index in [2.05, 4.69) is 15.9 Å². The number of ether oxygens (including phenoxy) is 1. The predicted molar refractivity (Wildman–Crippen MR) is 135 cm³/mol. The van der Waals surface area contributed by atoms with Crippen LogP contribution in [-0.2, 0) is 16.0 Å². The standard InChI is InChI=1S/C28H25BrFNO4/c1-17(2)35-23-5-3-4-20(16-23)25-24(26(32)19-8-10-21(29)11-9-19)27(33)28(34)31(25)15-14-18-6-12-22(30)13-7-18/h3-13,16-17,25,32H,14-15H2,1-2H3/b26-24-. The van der Waals surface area contributed by atoms with E-state index in [-0.39, 0.29) is 29.8 Å². The van der Waals surface area contributed by atoms with Crippen LogP contribution < -0.4 is 4.74 Å². The van der Waals surface area contributed by atoms with Crippen LogP contribution in [0.1, 0.15) is 36.6 Å². The van der Waals surface area contributed by atoms with Gasteiger partial charge in [0.25, 0.3) is 11.7 Å². The first-order chi connectivity index (χ1) is 16.7. The predicted octanol–water partition coefficient (Wildman–Crippen LogP) is 6.04. The summed E-state index contributed by atoms with van der Waals surface area (Å²) in [4.78, 5) is 27.8. The Labute approximate surface area is 212 Å². The van der Waals surface area contributed by atoms with Gasteiger partial charge >= 0.3 is 0 Å². The molecule has 0 bridgehead atoms. The van der Waals surface area contributed by atoms with Crippen molar-refractivity contribution >= 4 is 33.4 Å². The summed E-state index contributed by atoms with van der Waals surface area (Å²) in [6.45, 7) is 4.04. The highest BCUT2D eigenvalue weighted by Crippen LogP contribution is 2.40. The number of hydrogen-bond acceptors (Lipinski definition) is 4. The molecule has 0 saturated carbocycles. The fraction of sp³-hybridized carbons (Fsp3) is 0.214. The van der Waals surface area contributed by atoms with E-state index in [1.807, 2.05) is 26.0 Å². The molecule has 3 aromatic carbocycles. The molecule has 1 heterocycles. The Balaban J connectivity index is 1.78. The lowest BCUT2D eigenvalue weighted by Gasteiger charge is -2.26. The van der Waals surface area contributed by atoms with E-state index in [0.29, 0.717) is 23.3 Å². The summed E-state index contributed by atoms with van der Waals surface area (Å²) in [6, 6.07) is 19.3. The van der Waals surface area contributed by atoms with Crippen molar-refractivity contribution in [3.63, 3.8) is 0 Å². The van der Waals surface area contributed by atoms with Gasteiger partial charge in [0, 0.05) is 16.6 Å². The summed E-state index contributed by atoms with van der Waals surface area (Å²) in [5.41, 5.74) is 1.94. The molecule has 4 rings (SSSR count). The van der Waals surface area contributed by atoms with Gasteiger partial charge in [-0.1, -0.05) is 52.3 Å². The molecule has 0 aliphatic carbocycles. The van der Waals surface area contributed by atoms with Gasteiger partial charge in [0.1, 0.15) is 17.3 Å². The maximum absolute atomic E-state index is 13.3. The van der Waals surface area contributed by atoms with E-state index in [9.17, 15) is 19.1 Å². The number of hydrogen-bond donors (Lipinski definition) is 1. The Morgan fingerprint density at radius 3 is 2.40 bits per heavy atom. The smallest absolute Gasteiger partial charge is 0.295 e. The van der Waals surface area contributed by atoms with Crippen molar-refractivity contribution in [3.8, 4) is 5.75 Å². The molecule has 1 atom stereocenters. The fourth-order valence-corrected chi connectivity index (χ4v) is 4.42. The van der Waals surface area contributed by atoms with Gasteiger partial charge in [0.2, 0.25) is 0 Å². The van der Waals surface area contributed by atoms with Crippen molar-refractivity contribution in [2.24, 2.45) is 0 Å². The molecule has 3 aromatic rings. The molecule has 35 heavy (non-hydrogen) atoms. The topological polar surface area (TPSA) is 66.8 Å². The molecule has 180 valence electrons. The third-order valence-corrected chi connectivity index (χ3v) is 6.29. The third-order valence-electron chi connectivity index (χ3n) is 5.76. The second kappa shape index (κ2) is 10.4. The zero-order chi connectivity index (χ0) is 25.1. The van der Waals surface area contributed by atoms with E-state index >= 15 is 0 Å². The SMILES string of the molecule is CC(C)Oc1cccc(C2/C(=C(/O)c3ccc(Br)cc3)C(=O)C(=O)N2CCc2ccc(F)cc2)c1. The molecule has 1 N–H and O–H groups in total. The fourth-order valence-electron chi connectivity index (χ4n) is 4.15. The van der Waals surface area contributed by atoms with E-state index in [1.165, 1.54) is 17.0 Å². The Morgan fingerprint density at radius 1 is 1.06 bits per heavy atom.